The van der Waals surface area contributed by atoms with Crippen molar-refractivity contribution < 1.29 is 14.8 Å². The van der Waals surface area contributed by atoms with Crippen molar-refractivity contribution in [3.8, 4) is 0 Å². The molecule has 0 unspecified atom stereocenters. The molecule has 0 saturated carbocycles. The minimum atomic E-state index is -1.07. The average Bonchev–Trinajstić information content (AvgIpc) is 2.10. The number of hydrogen-bond donors (Lipinski definition) is 3. The molecule has 0 radical (unpaired) electrons. The van der Waals surface area contributed by atoms with Crippen LogP contribution in [0.25, 0.3) is 0 Å². The minimum absolute atomic E-state index is 0.0658. The van der Waals surface area contributed by atoms with E-state index in [4.69, 9.17) is 16.6 Å². The van der Waals surface area contributed by atoms with Crippen molar-refractivity contribution in [1.29, 1.82) is 0 Å². The summed E-state index contributed by atoms with van der Waals surface area (Å²) in [6.07, 6.45) is 0.705. The summed E-state index contributed by atoms with van der Waals surface area (Å²) < 4.78 is 0. The summed E-state index contributed by atoms with van der Waals surface area (Å²) in [5, 5.41) is 18.4. The van der Waals surface area contributed by atoms with Crippen LogP contribution in [0.4, 0.5) is 0 Å². The number of aliphatic carboxylic acids is 1. The number of carboxylic acids is 1. The second kappa shape index (κ2) is 6.71. The fraction of sp³-hybridized carbons (Fsp3) is 0.714. The Bertz CT molecular complexity index is 266. The lowest BCUT2D eigenvalue weighted by atomic mass is 10.2. The van der Waals surface area contributed by atoms with Crippen molar-refractivity contribution in [3.63, 3.8) is 0 Å². The van der Waals surface area contributed by atoms with Crippen molar-refractivity contribution in [2.24, 2.45) is 16.5 Å². The van der Waals surface area contributed by atoms with Gasteiger partial charge >= 0.3 is 5.97 Å². The maximum absolute atomic E-state index is 10.3. The molecule has 0 aliphatic heterocycles. The smallest absolute Gasteiger partial charge is 0.320 e. The molecular weight excluding hydrogens is 204 g/mol. The lowest BCUT2D eigenvalue weighted by Crippen LogP contribution is -2.30. The molecule has 0 aromatic rings. The SMILES string of the molecule is NC(C[N+](=O)[O-])=NCCC[C@H](N)C(=O)O. The standard InChI is InChI=1S/C7H14N4O4/c8-5(7(12)13)2-1-3-10-6(9)4-11(14)15/h5H,1-4,8H2,(H2,9,10)(H,12,13)/t5-/m0/s1. The van der Waals surface area contributed by atoms with Crippen LogP contribution in [-0.4, -0.2) is 41.0 Å². The summed E-state index contributed by atoms with van der Waals surface area (Å²) in [5.41, 5.74) is 10.4. The van der Waals surface area contributed by atoms with Crippen molar-refractivity contribution >= 4 is 11.8 Å². The topological polar surface area (TPSA) is 145 Å². The Kier molecular flexibility index (Phi) is 5.95. The largest absolute Gasteiger partial charge is 0.480 e. The molecule has 8 heteroatoms. The van der Waals surface area contributed by atoms with E-state index in [2.05, 4.69) is 4.99 Å². The lowest BCUT2D eigenvalue weighted by Gasteiger charge is -2.03. The van der Waals surface area contributed by atoms with Crippen LogP contribution in [0.1, 0.15) is 12.8 Å². The highest BCUT2D eigenvalue weighted by molar-refractivity contribution is 5.81. The Hall–Kier alpha value is -1.70. The third-order valence-electron chi connectivity index (χ3n) is 1.60. The third kappa shape index (κ3) is 7.38. The van der Waals surface area contributed by atoms with Gasteiger partial charge in [0, 0.05) is 11.5 Å². The first kappa shape index (κ1) is 13.3. The summed E-state index contributed by atoms with van der Waals surface area (Å²) >= 11 is 0. The third-order valence-corrected chi connectivity index (χ3v) is 1.60. The maximum atomic E-state index is 10.3. The molecule has 0 aromatic carbocycles. The predicted molar refractivity (Wildman–Crippen MR) is 53.2 cm³/mol. The van der Waals surface area contributed by atoms with E-state index in [9.17, 15) is 14.9 Å². The number of carboxylic acid groups (broad SMARTS) is 1. The van der Waals surface area contributed by atoms with Gasteiger partial charge in [0.15, 0.2) is 5.84 Å². The van der Waals surface area contributed by atoms with Crippen LogP contribution in [0.2, 0.25) is 0 Å². The molecule has 0 spiro atoms. The molecule has 0 bridgehead atoms. The quantitative estimate of drug-likeness (QED) is 0.161. The summed E-state index contributed by atoms with van der Waals surface area (Å²) in [7, 11) is 0. The van der Waals surface area contributed by atoms with Gasteiger partial charge in [0.05, 0.1) is 0 Å². The number of amidine groups is 1. The van der Waals surface area contributed by atoms with Crippen LogP contribution in [0.15, 0.2) is 4.99 Å². The number of hydrogen-bond acceptors (Lipinski definition) is 5. The Morgan fingerprint density at radius 1 is 1.60 bits per heavy atom. The zero-order chi connectivity index (χ0) is 11.8. The fourth-order valence-electron chi connectivity index (χ4n) is 0.840. The van der Waals surface area contributed by atoms with Gasteiger partial charge in [-0.25, -0.2) is 0 Å². The number of nitrogens with zero attached hydrogens (tertiary/aromatic N) is 2. The molecule has 0 rings (SSSR count). The highest BCUT2D eigenvalue weighted by Crippen LogP contribution is 1.95. The van der Waals surface area contributed by atoms with E-state index >= 15 is 0 Å². The Morgan fingerprint density at radius 3 is 2.67 bits per heavy atom. The molecule has 15 heavy (non-hydrogen) atoms. The molecular formula is C7H14N4O4. The highest BCUT2D eigenvalue weighted by atomic mass is 16.6. The van der Waals surface area contributed by atoms with Gasteiger partial charge in [-0.2, -0.15) is 0 Å². The van der Waals surface area contributed by atoms with Gasteiger partial charge < -0.3 is 16.6 Å². The molecule has 8 nitrogen and oxygen atoms in total. The zero-order valence-corrected chi connectivity index (χ0v) is 8.13. The fourth-order valence-corrected chi connectivity index (χ4v) is 0.840. The molecule has 5 N–H and O–H groups in total. The zero-order valence-electron chi connectivity index (χ0n) is 8.13. The van der Waals surface area contributed by atoms with E-state index in [1.165, 1.54) is 0 Å². The number of rotatable bonds is 7. The predicted octanol–water partition coefficient (Wildman–Crippen LogP) is -1.19. The monoisotopic (exact) mass is 218 g/mol. The number of nitro groups is 1. The second-order valence-electron chi connectivity index (χ2n) is 2.95. The summed E-state index contributed by atoms with van der Waals surface area (Å²) in [6.45, 7) is -0.244. The first-order valence-corrected chi connectivity index (χ1v) is 4.32. The molecule has 86 valence electrons. The van der Waals surface area contributed by atoms with Gasteiger partial charge in [-0.1, -0.05) is 0 Å². The summed E-state index contributed by atoms with van der Waals surface area (Å²) in [6, 6.07) is -0.920. The van der Waals surface area contributed by atoms with Gasteiger partial charge in [0.2, 0.25) is 0 Å². The molecule has 0 fully saturated rings. The number of carbonyl (C=O) groups is 1. The van der Waals surface area contributed by atoms with Crippen LogP contribution in [0.5, 0.6) is 0 Å². The van der Waals surface area contributed by atoms with Gasteiger partial charge in [0.1, 0.15) is 6.04 Å². The van der Waals surface area contributed by atoms with Crippen LogP contribution >= 0.6 is 0 Å². The first-order chi connectivity index (χ1) is 6.93. The van der Waals surface area contributed by atoms with Crippen LogP contribution in [-0.2, 0) is 4.79 Å². The van der Waals surface area contributed by atoms with Crippen LogP contribution < -0.4 is 11.5 Å². The lowest BCUT2D eigenvalue weighted by molar-refractivity contribution is -0.463. The molecule has 0 aliphatic carbocycles. The number of aliphatic imine (C=N–C) groups is 1. The van der Waals surface area contributed by atoms with Crippen molar-refractivity contribution in [3.05, 3.63) is 10.1 Å². The van der Waals surface area contributed by atoms with Crippen molar-refractivity contribution in [2.45, 2.75) is 18.9 Å². The van der Waals surface area contributed by atoms with Crippen LogP contribution in [0, 0.1) is 10.1 Å². The van der Waals surface area contributed by atoms with Gasteiger partial charge in [-0.3, -0.25) is 19.9 Å². The highest BCUT2D eigenvalue weighted by Gasteiger charge is 2.10. The maximum Gasteiger partial charge on any atom is 0.320 e. The van der Waals surface area contributed by atoms with E-state index in [1.54, 1.807) is 0 Å². The molecule has 0 saturated heterocycles. The van der Waals surface area contributed by atoms with Crippen molar-refractivity contribution in [1.82, 2.24) is 0 Å². The van der Waals surface area contributed by atoms with E-state index in [0.29, 0.717) is 6.42 Å². The summed E-state index contributed by atoms with van der Waals surface area (Å²) in [4.78, 5) is 23.4. The molecule has 0 heterocycles. The van der Waals surface area contributed by atoms with Crippen molar-refractivity contribution in [2.75, 3.05) is 13.1 Å². The first-order valence-electron chi connectivity index (χ1n) is 4.32. The van der Waals surface area contributed by atoms with Gasteiger partial charge in [-0.15, -0.1) is 0 Å². The Balaban J connectivity index is 3.69. The average molecular weight is 218 g/mol. The van der Waals surface area contributed by atoms with Crippen LogP contribution in [0.3, 0.4) is 0 Å². The second-order valence-corrected chi connectivity index (χ2v) is 2.95. The van der Waals surface area contributed by atoms with Gasteiger partial charge in [-0.05, 0) is 12.8 Å². The normalized spacial score (nSPS) is 13.5. The molecule has 1 atom stereocenters. The van der Waals surface area contributed by atoms with E-state index in [0.717, 1.165) is 0 Å². The Morgan fingerprint density at radius 2 is 2.20 bits per heavy atom. The van der Waals surface area contributed by atoms with E-state index in [1.807, 2.05) is 0 Å². The van der Waals surface area contributed by atoms with Gasteiger partial charge in [0.25, 0.3) is 6.54 Å². The summed E-state index contributed by atoms with van der Waals surface area (Å²) in [5.74, 6) is -1.14. The van der Waals surface area contributed by atoms with E-state index in [-0.39, 0.29) is 18.8 Å². The molecule has 0 amide bonds. The minimum Gasteiger partial charge on any atom is -0.480 e. The molecule has 0 aromatic heterocycles. The molecule has 0 aliphatic rings. The number of nitrogens with two attached hydrogens (primary N) is 2. The Labute approximate surface area is 86.1 Å². The van der Waals surface area contributed by atoms with E-state index < -0.39 is 23.5 Å².